The Morgan fingerprint density at radius 2 is 1.95 bits per heavy atom. The summed E-state index contributed by atoms with van der Waals surface area (Å²) in [5.41, 5.74) is 0. The first-order valence-corrected chi connectivity index (χ1v) is 7.35. The highest BCUT2D eigenvalue weighted by molar-refractivity contribution is 7.91. The number of amides is 1. The molecule has 0 spiro atoms. The van der Waals surface area contributed by atoms with E-state index in [-0.39, 0.29) is 0 Å². The fraction of sp³-hybridized carbons (Fsp3) is 0.333. The molecule has 0 saturated carbocycles. The molecule has 21 heavy (non-hydrogen) atoms. The molecule has 0 bridgehead atoms. The van der Waals surface area contributed by atoms with E-state index in [1.54, 1.807) is 0 Å². The summed E-state index contributed by atoms with van der Waals surface area (Å²) in [5.74, 6) is -4.71. The number of hydrogen-bond donors (Lipinski definition) is 1. The minimum Gasteiger partial charge on any atom is -0.467 e. The van der Waals surface area contributed by atoms with Crippen LogP contribution in [0.15, 0.2) is 23.1 Å². The van der Waals surface area contributed by atoms with Crippen molar-refractivity contribution in [3.8, 4) is 0 Å². The van der Waals surface area contributed by atoms with Crippen LogP contribution in [0.1, 0.15) is 6.92 Å². The number of ether oxygens (including phenoxy) is 1. The van der Waals surface area contributed by atoms with Crippen molar-refractivity contribution in [2.24, 2.45) is 0 Å². The predicted octanol–water partition coefficient (Wildman–Crippen LogP) is 0.416. The Morgan fingerprint density at radius 3 is 2.48 bits per heavy atom. The molecule has 1 aromatic carbocycles. The largest absolute Gasteiger partial charge is 0.467 e. The summed E-state index contributed by atoms with van der Waals surface area (Å²) in [7, 11) is -3.34. The van der Waals surface area contributed by atoms with Crippen LogP contribution >= 0.6 is 0 Å². The lowest BCUT2D eigenvalue weighted by Crippen LogP contribution is -2.45. The lowest BCUT2D eigenvalue weighted by molar-refractivity contribution is -0.144. The molecular weight excluding hydrogens is 308 g/mol. The van der Waals surface area contributed by atoms with Crippen LogP contribution in [-0.2, 0) is 24.2 Å². The van der Waals surface area contributed by atoms with Crippen LogP contribution in [0.4, 0.5) is 8.78 Å². The van der Waals surface area contributed by atoms with Gasteiger partial charge < -0.3 is 10.1 Å². The molecule has 0 aliphatic heterocycles. The molecule has 0 fully saturated rings. The first kappa shape index (κ1) is 17.0. The van der Waals surface area contributed by atoms with E-state index < -0.39 is 50.0 Å². The van der Waals surface area contributed by atoms with Gasteiger partial charge in [-0.1, -0.05) is 0 Å². The number of carbonyl (C=O) groups is 2. The summed E-state index contributed by atoms with van der Waals surface area (Å²) in [4.78, 5) is 21.5. The summed E-state index contributed by atoms with van der Waals surface area (Å²) in [6, 6.07) is 0.417. The van der Waals surface area contributed by atoms with Crippen LogP contribution in [0.2, 0.25) is 0 Å². The summed E-state index contributed by atoms with van der Waals surface area (Å²) < 4.78 is 55.0. The molecule has 1 unspecified atom stereocenters. The van der Waals surface area contributed by atoms with Gasteiger partial charge in [-0.15, -0.1) is 0 Å². The molecule has 1 rings (SSSR count). The van der Waals surface area contributed by atoms with Gasteiger partial charge >= 0.3 is 5.97 Å². The highest BCUT2D eigenvalue weighted by Crippen LogP contribution is 2.18. The van der Waals surface area contributed by atoms with Crippen LogP contribution in [-0.4, -0.2) is 39.2 Å². The predicted molar refractivity (Wildman–Crippen MR) is 68.0 cm³/mol. The van der Waals surface area contributed by atoms with Crippen LogP contribution in [0, 0.1) is 11.6 Å². The molecule has 1 aromatic rings. The van der Waals surface area contributed by atoms with Gasteiger partial charge in [0.1, 0.15) is 22.6 Å². The summed E-state index contributed by atoms with van der Waals surface area (Å²) >= 11 is 0. The zero-order valence-corrected chi connectivity index (χ0v) is 12.0. The summed E-state index contributed by atoms with van der Waals surface area (Å²) in [5, 5.41) is 2.08. The summed E-state index contributed by atoms with van der Waals surface area (Å²) in [6.45, 7) is 1.07. The third-order valence-electron chi connectivity index (χ3n) is 2.48. The van der Waals surface area contributed by atoms with E-state index in [9.17, 15) is 26.8 Å². The van der Waals surface area contributed by atoms with Gasteiger partial charge in [-0.25, -0.2) is 22.0 Å². The van der Waals surface area contributed by atoms with Gasteiger partial charge in [-0.05, 0) is 18.2 Å². The fourth-order valence-electron chi connectivity index (χ4n) is 1.58. The molecule has 0 aliphatic carbocycles. The lowest BCUT2D eigenvalue weighted by atomic mass is 10.3. The molecular formula is C12H13F2NO5S. The maximum atomic E-state index is 13.5. The SMILES string of the molecule is COC(=O)C(CS(=O)(=O)c1cc(F)ccc1F)NC(C)=O. The van der Waals surface area contributed by atoms with Crippen LogP contribution in [0.25, 0.3) is 0 Å². The molecule has 0 saturated heterocycles. The van der Waals surface area contributed by atoms with Crippen molar-refractivity contribution in [2.75, 3.05) is 12.9 Å². The van der Waals surface area contributed by atoms with Gasteiger partial charge in [0.25, 0.3) is 0 Å². The number of methoxy groups -OCH3 is 1. The minimum absolute atomic E-state index is 0.507. The Labute approximate surface area is 120 Å². The van der Waals surface area contributed by atoms with Crippen molar-refractivity contribution in [1.82, 2.24) is 5.32 Å². The molecule has 0 radical (unpaired) electrons. The third-order valence-corrected chi connectivity index (χ3v) is 4.23. The molecule has 1 amide bonds. The van der Waals surface area contributed by atoms with E-state index in [1.165, 1.54) is 0 Å². The quantitative estimate of drug-likeness (QED) is 0.794. The van der Waals surface area contributed by atoms with Gasteiger partial charge in [0.15, 0.2) is 9.84 Å². The smallest absolute Gasteiger partial charge is 0.329 e. The normalized spacial score (nSPS) is 12.6. The average molecular weight is 321 g/mol. The fourth-order valence-corrected chi connectivity index (χ4v) is 3.08. The summed E-state index contributed by atoms with van der Waals surface area (Å²) in [6.07, 6.45) is 0. The van der Waals surface area contributed by atoms with Crippen LogP contribution in [0.3, 0.4) is 0 Å². The van der Waals surface area contributed by atoms with Gasteiger partial charge in [0, 0.05) is 6.92 Å². The Hall–Kier alpha value is -2.03. The average Bonchev–Trinajstić information content (AvgIpc) is 2.38. The second-order valence-electron chi connectivity index (χ2n) is 4.13. The first-order chi connectivity index (χ1) is 9.67. The van der Waals surface area contributed by atoms with Gasteiger partial charge in [0.2, 0.25) is 5.91 Å². The lowest BCUT2D eigenvalue weighted by Gasteiger charge is -2.15. The second-order valence-corrected chi connectivity index (χ2v) is 6.14. The maximum Gasteiger partial charge on any atom is 0.329 e. The van der Waals surface area contributed by atoms with Crippen molar-refractivity contribution in [2.45, 2.75) is 17.9 Å². The van der Waals surface area contributed by atoms with Crippen molar-refractivity contribution in [3.05, 3.63) is 29.8 Å². The Bertz CT molecular complexity index is 660. The number of esters is 1. The Balaban J connectivity index is 3.14. The highest BCUT2D eigenvalue weighted by Gasteiger charge is 2.30. The molecule has 1 atom stereocenters. The number of hydrogen-bond acceptors (Lipinski definition) is 5. The first-order valence-electron chi connectivity index (χ1n) is 5.70. The number of benzene rings is 1. The number of rotatable bonds is 5. The molecule has 0 aliphatic rings. The van der Waals surface area contributed by atoms with E-state index in [2.05, 4.69) is 10.1 Å². The van der Waals surface area contributed by atoms with Crippen LogP contribution < -0.4 is 5.32 Å². The number of halogens is 2. The standard InChI is InChI=1S/C12H13F2NO5S/c1-7(16)15-10(12(17)20-2)6-21(18,19)11-5-8(13)3-4-9(11)14/h3-5,10H,6H2,1-2H3,(H,15,16). The van der Waals surface area contributed by atoms with Crippen LogP contribution in [0.5, 0.6) is 0 Å². The molecule has 6 nitrogen and oxygen atoms in total. The highest BCUT2D eigenvalue weighted by atomic mass is 32.2. The van der Waals surface area contributed by atoms with E-state index in [0.29, 0.717) is 12.1 Å². The van der Waals surface area contributed by atoms with Crippen molar-refractivity contribution in [1.29, 1.82) is 0 Å². The molecule has 0 aromatic heterocycles. The molecule has 9 heteroatoms. The maximum absolute atomic E-state index is 13.5. The van der Waals surface area contributed by atoms with E-state index >= 15 is 0 Å². The monoisotopic (exact) mass is 321 g/mol. The van der Waals surface area contributed by atoms with Crippen molar-refractivity contribution >= 4 is 21.7 Å². The molecule has 116 valence electrons. The molecule has 0 heterocycles. The van der Waals surface area contributed by atoms with Crippen molar-refractivity contribution < 1.29 is 31.5 Å². The topological polar surface area (TPSA) is 89.5 Å². The van der Waals surface area contributed by atoms with Gasteiger partial charge in [-0.3, -0.25) is 4.79 Å². The van der Waals surface area contributed by atoms with Gasteiger partial charge in [-0.2, -0.15) is 0 Å². The van der Waals surface area contributed by atoms with E-state index in [1.807, 2.05) is 0 Å². The molecule has 1 N–H and O–H groups in total. The number of nitrogens with one attached hydrogen (secondary N) is 1. The van der Waals surface area contributed by atoms with Crippen molar-refractivity contribution in [3.63, 3.8) is 0 Å². The second kappa shape index (κ2) is 6.61. The van der Waals surface area contributed by atoms with E-state index in [0.717, 1.165) is 20.1 Å². The number of carbonyl (C=O) groups excluding carboxylic acids is 2. The Kier molecular flexibility index (Phi) is 5.36. The third kappa shape index (κ3) is 4.48. The Morgan fingerprint density at radius 1 is 1.33 bits per heavy atom. The van der Waals surface area contributed by atoms with E-state index in [4.69, 9.17) is 0 Å². The zero-order valence-electron chi connectivity index (χ0n) is 11.2. The minimum atomic E-state index is -4.34. The number of sulfone groups is 1. The zero-order chi connectivity index (χ0) is 16.2. The van der Waals surface area contributed by atoms with Gasteiger partial charge in [0.05, 0.1) is 12.9 Å².